The Morgan fingerprint density at radius 3 is 1.95 bits per heavy atom. The molecule has 5 nitrogen and oxygen atoms in total. The second kappa shape index (κ2) is 12.3. The molecule has 3 aromatic carbocycles. The zero-order chi connectivity index (χ0) is 27.1. The van der Waals surface area contributed by atoms with Crippen molar-refractivity contribution in [3.05, 3.63) is 101 Å². The number of benzene rings is 3. The van der Waals surface area contributed by atoms with Gasteiger partial charge in [0, 0.05) is 38.5 Å². The van der Waals surface area contributed by atoms with Crippen molar-refractivity contribution in [2.24, 2.45) is 0 Å². The Morgan fingerprint density at radius 1 is 0.816 bits per heavy atom. The molecule has 1 saturated heterocycles. The number of amides is 1. The summed E-state index contributed by atoms with van der Waals surface area (Å²) in [5.41, 5.74) is 7.84. The highest BCUT2D eigenvalue weighted by Crippen LogP contribution is 2.36. The summed E-state index contributed by atoms with van der Waals surface area (Å²) in [5, 5.41) is 9.65. The summed E-state index contributed by atoms with van der Waals surface area (Å²) in [4.78, 5) is 16.6. The average molecular weight is 513 g/mol. The number of ether oxygens (including phenoxy) is 1. The van der Waals surface area contributed by atoms with Crippen molar-refractivity contribution in [2.75, 3.05) is 37.7 Å². The minimum Gasteiger partial charge on any atom is -0.444 e. The van der Waals surface area contributed by atoms with Gasteiger partial charge in [0.15, 0.2) is 0 Å². The zero-order valence-electron chi connectivity index (χ0n) is 23.1. The molecule has 3 aromatic rings. The van der Waals surface area contributed by atoms with Crippen LogP contribution in [0.15, 0.2) is 78.9 Å². The first-order valence-corrected chi connectivity index (χ1v) is 13.5. The standard InChI is InChI=1S/C33H40N2O3/c1-25-12-14-27(15-13-25)31(30(11-8-24-36)26-9-6-5-7-10-26)28-16-18-29(19-17-28)34-20-22-35(23-21-34)32(37)38-33(2,3)4/h5-7,9-10,12-19,36H,8,11,20-24H2,1-4H3/b31-30-. The van der Waals surface area contributed by atoms with Crippen molar-refractivity contribution in [1.29, 1.82) is 0 Å². The number of aryl methyl sites for hydroxylation is 1. The molecule has 0 spiro atoms. The molecule has 0 aliphatic carbocycles. The first kappa shape index (κ1) is 27.5. The van der Waals surface area contributed by atoms with Gasteiger partial charge in [0.2, 0.25) is 0 Å². The van der Waals surface area contributed by atoms with Crippen LogP contribution in [-0.2, 0) is 4.74 Å². The third kappa shape index (κ3) is 7.05. The number of hydrogen-bond acceptors (Lipinski definition) is 4. The number of aliphatic hydroxyl groups is 1. The Morgan fingerprint density at radius 2 is 1.39 bits per heavy atom. The lowest BCUT2D eigenvalue weighted by Gasteiger charge is -2.36. The van der Waals surface area contributed by atoms with Crippen LogP contribution >= 0.6 is 0 Å². The van der Waals surface area contributed by atoms with E-state index in [-0.39, 0.29) is 12.7 Å². The van der Waals surface area contributed by atoms with Gasteiger partial charge in [0.1, 0.15) is 5.60 Å². The molecule has 0 bridgehead atoms. The molecule has 0 unspecified atom stereocenters. The first-order chi connectivity index (χ1) is 18.2. The van der Waals surface area contributed by atoms with Gasteiger partial charge in [-0.2, -0.15) is 0 Å². The molecular formula is C33H40N2O3. The number of carbonyl (C=O) groups is 1. The molecule has 1 aliphatic rings. The summed E-state index contributed by atoms with van der Waals surface area (Å²) in [5.74, 6) is 0. The summed E-state index contributed by atoms with van der Waals surface area (Å²) in [6, 6.07) is 27.9. The molecular weight excluding hydrogens is 472 g/mol. The SMILES string of the molecule is Cc1ccc(/C(=C(\CCCO)c2ccccc2)c2ccc(N3CCN(C(=O)OC(C)(C)C)CC3)cc2)cc1. The molecule has 1 heterocycles. The lowest BCUT2D eigenvalue weighted by atomic mass is 9.87. The van der Waals surface area contributed by atoms with Crippen molar-refractivity contribution in [3.63, 3.8) is 0 Å². The van der Waals surface area contributed by atoms with Crippen LogP contribution in [0.3, 0.4) is 0 Å². The molecule has 0 aromatic heterocycles. The van der Waals surface area contributed by atoms with Crippen LogP contribution in [0.25, 0.3) is 11.1 Å². The van der Waals surface area contributed by atoms with Crippen LogP contribution in [-0.4, -0.2) is 54.5 Å². The third-order valence-corrected chi connectivity index (χ3v) is 6.80. The van der Waals surface area contributed by atoms with Crippen molar-refractivity contribution in [2.45, 2.75) is 46.1 Å². The Balaban J connectivity index is 1.62. The van der Waals surface area contributed by atoms with Crippen LogP contribution in [0.4, 0.5) is 10.5 Å². The first-order valence-electron chi connectivity index (χ1n) is 13.5. The lowest BCUT2D eigenvalue weighted by Crippen LogP contribution is -2.50. The number of anilines is 1. The molecule has 0 saturated carbocycles. The fraction of sp³-hybridized carbons (Fsp3) is 0.364. The van der Waals surface area contributed by atoms with Crippen molar-refractivity contribution in [1.82, 2.24) is 4.90 Å². The fourth-order valence-electron chi connectivity index (χ4n) is 4.86. The summed E-state index contributed by atoms with van der Waals surface area (Å²) in [6.07, 6.45) is 1.26. The topological polar surface area (TPSA) is 53.0 Å². The molecule has 4 rings (SSSR count). The molecule has 38 heavy (non-hydrogen) atoms. The highest BCUT2D eigenvalue weighted by atomic mass is 16.6. The molecule has 1 aliphatic heterocycles. The largest absolute Gasteiger partial charge is 0.444 e. The highest BCUT2D eigenvalue weighted by Gasteiger charge is 2.26. The van der Waals surface area contributed by atoms with E-state index >= 15 is 0 Å². The van der Waals surface area contributed by atoms with Crippen LogP contribution in [0.1, 0.15) is 55.9 Å². The molecule has 200 valence electrons. The maximum Gasteiger partial charge on any atom is 0.410 e. The van der Waals surface area contributed by atoms with Crippen molar-refractivity contribution < 1.29 is 14.6 Å². The molecule has 1 amide bonds. The highest BCUT2D eigenvalue weighted by molar-refractivity contribution is 5.98. The summed E-state index contributed by atoms with van der Waals surface area (Å²) in [7, 11) is 0. The van der Waals surface area contributed by atoms with Crippen molar-refractivity contribution >= 4 is 22.9 Å². The Labute approximate surface area is 227 Å². The summed E-state index contributed by atoms with van der Waals surface area (Å²) in [6.45, 7) is 10.8. The quantitative estimate of drug-likeness (QED) is 0.355. The maximum absolute atomic E-state index is 12.5. The van der Waals surface area contributed by atoms with Gasteiger partial charge in [-0.25, -0.2) is 4.79 Å². The second-order valence-corrected chi connectivity index (χ2v) is 10.9. The number of carbonyl (C=O) groups excluding carboxylic acids is 1. The number of rotatable bonds is 7. The lowest BCUT2D eigenvalue weighted by molar-refractivity contribution is 0.0240. The van der Waals surface area contributed by atoms with Gasteiger partial charge in [-0.05, 0) is 80.5 Å². The van der Waals surface area contributed by atoms with E-state index in [1.165, 1.54) is 27.8 Å². The molecule has 1 N–H and O–H groups in total. The van der Waals surface area contributed by atoms with E-state index < -0.39 is 5.60 Å². The van der Waals surface area contributed by atoms with Gasteiger partial charge in [0.05, 0.1) is 0 Å². The Hall–Kier alpha value is -3.57. The van der Waals surface area contributed by atoms with E-state index in [2.05, 4.69) is 84.6 Å². The van der Waals surface area contributed by atoms with Gasteiger partial charge < -0.3 is 19.6 Å². The minimum atomic E-state index is -0.484. The van der Waals surface area contributed by atoms with Crippen LogP contribution in [0.5, 0.6) is 0 Å². The Bertz CT molecular complexity index is 1220. The predicted molar refractivity (Wildman–Crippen MR) is 156 cm³/mol. The molecule has 5 heteroatoms. The normalized spacial score (nSPS) is 14.8. The van der Waals surface area contributed by atoms with Crippen LogP contribution in [0, 0.1) is 6.92 Å². The van der Waals surface area contributed by atoms with Crippen LogP contribution < -0.4 is 4.90 Å². The van der Waals surface area contributed by atoms with Crippen LogP contribution in [0.2, 0.25) is 0 Å². The van der Waals surface area contributed by atoms with E-state index in [9.17, 15) is 9.90 Å². The van der Waals surface area contributed by atoms with Gasteiger partial charge in [-0.1, -0.05) is 72.3 Å². The minimum absolute atomic E-state index is 0.158. The van der Waals surface area contributed by atoms with Crippen molar-refractivity contribution in [3.8, 4) is 0 Å². The van der Waals surface area contributed by atoms with E-state index in [0.29, 0.717) is 19.5 Å². The van der Waals surface area contributed by atoms with Gasteiger partial charge >= 0.3 is 6.09 Å². The number of hydrogen-bond donors (Lipinski definition) is 1. The third-order valence-electron chi connectivity index (χ3n) is 6.80. The molecule has 0 radical (unpaired) electrons. The summed E-state index contributed by atoms with van der Waals surface area (Å²) >= 11 is 0. The second-order valence-electron chi connectivity index (χ2n) is 10.9. The maximum atomic E-state index is 12.5. The van der Waals surface area contributed by atoms with Gasteiger partial charge in [-0.15, -0.1) is 0 Å². The van der Waals surface area contributed by atoms with E-state index in [1.807, 2.05) is 26.8 Å². The summed E-state index contributed by atoms with van der Waals surface area (Å²) < 4.78 is 5.54. The predicted octanol–water partition coefficient (Wildman–Crippen LogP) is 6.78. The number of aliphatic hydroxyl groups excluding tert-OH is 1. The van der Waals surface area contributed by atoms with Gasteiger partial charge in [-0.3, -0.25) is 0 Å². The smallest absolute Gasteiger partial charge is 0.410 e. The van der Waals surface area contributed by atoms with E-state index in [4.69, 9.17) is 4.74 Å². The molecule has 1 fully saturated rings. The monoisotopic (exact) mass is 512 g/mol. The fourth-order valence-corrected chi connectivity index (χ4v) is 4.86. The molecule has 0 atom stereocenters. The zero-order valence-corrected chi connectivity index (χ0v) is 23.1. The number of nitrogens with zero attached hydrogens (tertiary/aromatic N) is 2. The Kier molecular flexibility index (Phi) is 8.90. The number of piperazine rings is 1. The number of allylic oxidation sites excluding steroid dienone is 1. The van der Waals surface area contributed by atoms with E-state index in [1.54, 1.807) is 4.90 Å². The van der Waals surface area contributed by atoms with E-state index in [0.717, 1.165) is 30.8 Å². The average Bonchev–Trinajstić information content (AvgIpc) is 2.92. The van der Waals surface area contributed by atoms with Gasteiger partial charge in [0.25, 0.3) is 0 Å².